The average molecular weight is 320 g/mol. The van der Waals surface area contributed by atoms with Gasteiger partial charge in [-0.1, -0.05) is 56.3 Å². The van der Waals surface area contributed by atoms with E-state index in [0.717, 1.165) is 16.8 Å². The molecule has 0 unspecified atom stereocenters. The predicted octanol–water partition coefficient (Wildman–Crippen LogP) is 4.58. The number of carboxylic acid groups (broad SMARTS) is 1. The molecule has 3 aromatic rings. The highest BCUT2D eigenvalue weighted by molar-refractivity contribution is 5.87. The summed E-state index contributed by atoms with van der Waals surface area (Å²) < 4.78 is 1.61. The zero-order chi connectivity index (χ0) is 17.3. The van der Waals surface area contributed by atoms with Crippen molar-refractivity contribution in [2.75, 3.05) is 0 Å². The first-order valence-corrected chi connectivity index (χ1v) is 7.94. The van der Waals surface area contributed by atoms with Gasteiger partial charge in [0.05, 0.1) is 5.69 Å². The number of aromatic carboxylic acids is 1. The lowest BCUT2D eigenvalue weighted by molar-refractivity contribution is 0.0689. The summed E-state index contributed by atoms with van der Waals surface area (Å²) in [5, 5.41) is 13.2. The lowest BCUT2D eigenvalue weighted by atomic mass is 9.90. The molecule has 0 fully saturated rings. The summed E-state index contributed by atoms with van der Waals surface area (Å²) in [6.07, 6.45) is 0. The molecule has 0 saturated heterocycles. The molecular formula is C20H20N2O2. The Balaban J connectivity index is 2.16. The first-order chi connectivity index (χ1) is 11.5. The Kier molecular flexibility index (Phi) is 4.21. The fourth-order valence-corrected chi connectivity index (χ4v) is 2.93. The number of hydrogen-bond donors (Lipinski definition) is 1. The molecule has 0 aliphatic carbocycles. The summed E-state index contributed by atoms with van der Waals surface area (Å²) >= 11 is 0. The van der Waals surface area contributed by atoms with Crippen molar-refractivity contribution < 1.29 is 9.90 Å². The van der Waals surface area contributed by atoms with Gasteiger partial charge in [-0.25, -0.2) is 4.79 Å². The normalized spacial score (nSPS) is 11.0. The van der Waals surface area contributed by atoms with E-state index in [1.807, 2.05) is 24.3 Å². The van der Waals surface area contributed by atoms with Crippen molar-refractivity contribution in [3.8, 4) is 22.4 Å². The van der Waals surface area contributed by atoms with E-state index in [0.29, 0.717) is 5.92 Å². The Hall–Kier alpha value is -2.88. The van der Waals surface area contributed by atoms with Gasteiger partial charge in [-0.2, -0.15) is 5.10 Å². The molecule has 2 aromatic carbocycles. The maximum atomic E-state index is 11.2. The molecule has 4 nitrogen and oxygen atoms in total. The lowest BCUT2D eigenvalue weighted by Gasteiger charge is -2.15. The minimum absolute atomic E-state index is 0.0571. The van der Waals surface area contributed by atoms with Crippen molar-refractivity contribution in [1.82, 2.24) is 9.78 Å². The van der Waals surface area contributed by atoms with Crippen molar-refractivity contribution in [3.05, 3.63) is 65.9 Å². The third kappa shape index (κ3) is 2.95. The van der Waals surface area contributed by atoms with Crippen LogP contribution >= 0.6 is 0 Å². The highest BCUT2D eigenvalue weighted by atomic mass is 16.4. The van der Waals surface area contributed by atoms with E-state index in [1.54, 1.807) is 17.8 Å². The third-order valence-electron chi connectivity index (χ3n) is 4.15. The maximum absolute atomic E-state index is 11.2. The molecule has 0 aliphatic rings. The zero-order valence-corrected chi connectivity index (χ0v) is 14.0. The van der Waals surface area contributed by atoms with Gasteiger partial charge in [0.15, 0.2) is 5.69 Å². The van der Waals surface area contributed by atoms with E-state index in [-0.39, 0.29) is 5.69 Å². The number of carbonyl (C=O) groups is 1. The summed E-state index contributed by atoms with van der Waals surface area (Å²) in [4.78, 5) is 11.2. The second kappa shape index (κ2) is 6.32. The van der Waals surface area contributed by atoms with E-state index >= 15 is 0 Å². The van der Waals surface area contributed by atoms with Crippen LogP contribution in [0.2, 0.25) is 0 Å². The number of aromatic nitrogens is 2. The van der Waals surface area contributed by atoms with Gasteiger partial charge in [-0.15, -0.1) is 0 Å². The van der Waals surface area contributed by atoms with Crippen LogP contribution in [0, 0.1) is 0 Å². The summed E-state index contributed by atoms with van der Waals surface area (Å²) in [5.74, 6) is -0.616. The SMILES string of the molecule is CC(C)c1ccc(-c2cc(C(=O)O)nn2C)cc1-c1ccccc1. The minimum Gasteiger partial charge on any atom is -0.476 e. The summed E-state index contributed by atoms with van der Waals surface area (Å²) in [7, 11) is 1.76. The molecule has 0 atom stereocenters. The fourth-order valence-electron chi connectivity index (χ4n) is 2.93. The molecular weight excluding hydrogens is 300 g/mol. The third-order valence-corrected chi connectivity index (χ3v) is 4.15. The number of nitrogens with zero attached hydrogens (tertiary/aromatic N) is 2. The van der Waals surface area contributed by atoms with Crippen LogP contribution in [-0.4, -0.2) is 20.9 Å². The van der Waals surface area contributed by atoms with Crippen LogP contribution in [0.1, 0.15) is 35.8 Å². The van der Waals surface area contributed by atoms with Crippen LogP contribution in [0.15, 0.2) is 54.6 Å². The standard InChI is InChI=1S/C20H20N2O2/c1-13(2)16-10-9-15(11-17(16)14-7-5-4-6-8-14)19-12-18(20(23)24)21-22(19)3/h4-13H,1-3H3,(H,23,24). The van der Waals surface area contributed by atoms with Crippen molar-refractivity contribution in [1.29, 1.82) is 0 Å². The first kappa shape index (κ1) is 16.0. The van der Waals surface area contributed by atoms with Crippen molar-refractivity contribution >= 4 is 5.97 Å². The van der Waals surface area contributed by atoms with Crippen molar-refractivity contribution in [2.24, 2.45) is 7.05 Å². The molecule has 122 valence electrons. The van der Waals surface area contributed by atoms with Crippen molar-refractivity contribution in [3.63, 3.8) is 0 Å². The predicted molar refractivity (Wildman–Crippen MR) is 95.1 cm³/mol. The van der Waals surface area contributed by atoms with E-state index in [4.69, 9.17) is 5.11 Å². The molecule has 0 radical (unpaired) electrons. The molecule has 1 N–H and O–H groups in total. The molecule has 0 aliphatic heterocycles. The number of hydrogen-bond acceptors (Lipinski definition) is 2. The highest BCUT2D eigenvalue weighted by Gasteiger charge is 2.15. The first-order valence-electron chi connectivity index (χ1n) is 7.94. The number of aryl methyl sites for hydroxylation is 1. The monoisotopic (exact) mass is 320 g/mol. The second-order valence-corrected chi connectivity index (χ2v) is 6.17. The van der Waals surface area contributed by atoms with Gasteiger partial charge in [0, 0.05) is 12.6 Å². The Bertz CT molecular complexity index is 880. The van der Waals surface area contributed by atoms with Crippen LogP contribution in [0.5, 0.6) is 0 Å². The smallest absolute Gasteiger partial charge is 0.356 e. The van der Waals surface area contributed by atoms with E-state index in [2.05, 4.69) is 43.2 Å². The molecule has 0 saturated carbocycles. The summed E-state index contributed by atoms with van der Waals surface area (Å²) in [6.45, 7) is 4.35. The number of rotatable bonds is 4. The molecule has 24 heavy (non-hydrogen) atoms. The van der Waals surface area contributed by atoms with Gasteiger partial charge < -0.3 is 5.11 Å². The topological polar surface area (TPSA) is 55.1 Å². The quantitative estimate of drug-likeness (QED) is 0.766. The van der Waals surface area contributed by atoms with Crippen LogP contribution in [0.3, 0.4) is 0 Å². The van der Waals surface area contributed by atoms with Gasteiger partial charge in [-0.3, -0.25) is 4.68 Å². The second-order valence-electron chi connectivity index (χ2n) is 6.17. The highest BCUT2D eigenvalue weighted by Crippen LogP contribution is 2.33. The minimum atomic E-state index is -1.01. The van der Waals surface area contributed by atoms with Crippen LogP contribution in [0.25, 0.3) is 22.4 Å². The Labute approximate surface area is 141 Å². The van der Waals surface area contributed by atoms with Gasteiger partial charge in [0.25, 0.3) is 0 Å². The van der Waals surface area contributed by atoms with Gasteiger partial charge in [0.1, 0.15) is 0 Å². The van der Waals surface area contributed by atoms with Gasteiger partial charge in [0.2, 0.25) is 0 Å². The molecule has 4 heteroatoms. The Morgan fingerprint density at radius 2 is 1.75 bits per heavy atom. The molecule has 0 amide bonds. The van der Waals surface area contributed by atoms with Gasteiger partial charge in [-0.05, 0) is 34.7 Å². The molecule has 1 heterocycles. The van der Waals surface area contributed by atoms with E-state index in [9.17, 15) is 4.79 Å². The molecule has 3 rings (SSSR count). The lowest BCUT2D eigenvalue weighted by Crippen LogP contribution is -1.99. The van der Waals surface area contributed by atoms with Crippen LogP contribution < -0.4 is 0 Å². The van der Waals surface area contributed by atoms with Crippen molar-refractivity contribution in [2.45, 2.75) is 19.8 Å². The van der Waals surface area contributed by atoms with Crippen LogP contribution in [-0.2, 0) is 7.05 Å². The molecule has 1 aromatic heterocycles. The maximum Gasteiger partial charge on any atom is 0.356 e. The number of benzene rings is 2. The van der Waals surface area contributed by atoms with E-state index in [1.165, 1.54) is 11.1 Å². The zero-order valence-electron chi connectivity index (χ0n) is 14.0. The Morgan fingerprint density at radius 1 is 1.04 bits per heavy atom. The fraction of sp³-hybridized carbons (Fsp3) is 0.200. The molecule has 0 bridgehead atoms. The van der Waals surface area contributed by atoms with E-state index < -0.39 is 5.97 Å². The Morgan fingerprint density at radius 3 is 2.33 bits per heavy atom. The van der Waals surface area contributed by atoms with Crippen LogP contribution in [0.4, 0.5) is 0 Å². The largest absolute Gasteiger partial charge is 0.476 e. The van der Waals surface area contributed by atoms with Gasteiger partial charge >= 0.3 is 5.97 Å². The summed E-state index contributed by atoms with van der Waals surface area (Å²) in [6, 6.07) is 18.1. The summed E-state index contributed by atoms with van der Waals surface area (Å²) in [5.41, 5.74) is 5.40. The average Bonchev–Trinajstić information content (AvgIpc) is 2.97. The number of carboxylic acids is 1. The molecule has 0 spiro atoms.